The molecule has 1 atom stereocenters. The van der Waals surface area contributed by atoms with Crippen molar-refractivity contribution < 1.29 is 23.8 Å². The molecule has 2 saturated heterocycles. The number of carbonyl (C=O) groups excluding carboxylic acids is 2. The molecule has 142 valence electrons. The number of ether oxygens (including phenoxy) is 3. The summed E-state index contributed by atoms with van der Waals surface area (Å²) in [7, 11) is 0. The second kappa shape index (κ2) is 9.00. The number of rotatable bonds is 5. The van der Waals surface area contributed by atoms with E-state index in [2.05, 4.69) is 5.32 Å². The minimum atomic E-state index is -0.521. The molecule has 0 saturated carbocycles. The Morgan fingerprint density at radius 1 is 1.19 bits per heavy atom. The third-order valence-electron chi connectivity index (χ3n) is 4.65. The number of nitrogens with zero attached hydrogens (tertiary/aromatic N) is 1. The van der Waals surface area contributed by atoms with Crippen LogP contribution in [0.4, 0.5) is 0 Å². The summed E-state index contributed by atoms with van der Waals surface area (Å²) < 4.78 is 16.1. The number of hydrogen-bond donors (Lipinski definition) is 1. The largest absolute Gasteiger partial charge is 0.494 e. The first-order valence-corrected chi connectivity index (χ1v) is 9.19. The van der Waals surface area contributed by atoms with E-state index in [4.69, 9.17) is 14.2 Å². The molecule has 1 unspecified atom stereocenters. The third kappa shape index (κ3) is 4.74. The maximum absolute atomic E-state index is 12.6. The van der Waals surface area contributed by atoms with E-state index in [-0.39, 0.29) is 17.9 Å². The molecule has 1 aromatic rings. The highest BCUT2D eigenvalue weighted by Gasteiger charge is 2.28. The highest BCUT2D eigenvalue weighted by molar-refractivity contribution is 5.94. The second-order valence-electron chi connectivity index (χ2n) is 6.47. The third-order valence-corrected chi connectivity index (χ3v) is 4.65. The van der Waals surface area contributed by atoms with Gasteiger partial charge in [0.2, 0.25) is 0 Å². The molecule has 2 amide bonds. The van der Waals surface area contributed by atoms with Gasteiger partial charge in [-0.25, -0.2) is 0 Å². The lowest BCUT2D eigenvalue weighted by Gasteiger charge is -2.33. The second-order valence-corrected chi connectivity index (χ2v) is 6.47. The molecule has 2 heterocycles. The topological polar surface area (TPSA) is 77.1 Å². The van der Waals surface area contributed by atoms with Crippen molar-refractivity contribution in [1.82, 2.24) is 10.2 Å². The lowest BCUT2D eigenvalue weighted by molar-refractivity contribution is -0.148. The molecule has 3 rings (SSSR count). The predicted octanol–water partition coefficient (Wildman–Crippen LogP) is 1.22. The van der Waals surface area contributed by atoms with Crippen LogP contribution in [0.25, 0.3) is 0 Å². The number of piperidine rings is 1. The molecule has 7 heteroatoms. The molecule has 0 bridgehead atoms. The molecular formula is C19H26N2O5. The molecule has 0 aliphatic carbocycles. The Kier molecular flexibility index (Phi) is 6.46. The molecule has 26 heavy (non-hydrogen) atoms. The van der Waals surface area contributed by atoms with E-state index in [0.29, 0.717) is 45.1 Å². The summed E-state index contributed by atoms with van der Waals surface area (Å²) in [5.41, 5.74) is 0.656. The zero-order valence-electron chi connectivity index (χ0n) is 15.1. The van der Waals surface area contributed by atoms with Crippen molar-refractivity contribution in [2.45, 2.75) is 31.9 Å². The van der Waals surface area contributed by atoms with E-state index in [0.717, 1.165) is 18.6 Å². The maximum atomic E-state index is 12.6. The van der Waals surface area contributed by atoms with Gasteiger partial charge in [0.15, 0.2) is 6.10 Å². The zero-order valence-corrected chi connectivity index (χ0v) is 15.1. The molecular weight excluding hydrogens is 336 g/mol. The van der Waals surface area contributed by atoms with Crippen LogP contribution in [-0.2, 0) is 14.3 Å². The molecule has 1 N–H and O–H groups in total. The Balaban J connectivity index is 1.46. The molecule has 0 aromatic heterocycles. The predicted molar refractivity (Wildman–Crippen MR) is 95.2 cm³/mol. The molecule has 7 nitrogen and oxygen atoms in total. The van der Waals surface area contributed by atoms with Crippen molar-refractivity contribution >= 4 is 11.8 Å². The molecule has 2 aliphatic heterocycles. The number of hydrogen-bond acceptors (Lipinski definition) is 5. The van der Waals surface area contributed by atoms with Gasteiger partial charge in [-0.2, -0.15) is 0 Å². The van der Waals surface area contributed by atoms with Gasteiger partial charge in [0.05, 0.1) is 26.4 Å². The summed E-state index contributed by atoms with van der Waals surface area (Å²) in [4.78, 5) is 26.6. The van der Waals surface area contributed by atoms with Crippen LogP contribution in [0.3, 0.4) is 0 Å². The van der Waals surface area contributed by atoms with Crippen LogP contribution < -0.4 is 10.1 Å². The monoisotopic (exact) mass is 362 g/mol. The molecule has 1 aromatic carbocycles. The van der Waals surface area contributed by atoms with Crippen molar-refractivity contribution in [1.29, 1.82) is 0 Å². The summed E-state index contributed by atoms with van der Waals surface area (Å²) in [6, 6.07) is 7.28. The van der Waals surface area contributed by atoms with E-state index in [1.807, 2.05) is 24.0 Å². The van der Waals surface area contributed by atoms with E-state index in [1.165, 1.54) is 0 Å². The summed E-state index contributed by atoms with van der Waals surface area (Å²) in [5.74, 6) is 0.655. The van der Waals surface area contributed by atoms with Gasteiger partial charge in [0.25, 0.3) is 11.8 Å². The summed E-state index contributed by atoms with van der Waals surface area (Å²) >= 11 is 0. The van der Waals surface area contributed by atoms with Crippen molar-refractivity contribution in [2.24, 2.45) is 0 Å². The van der Waals surface area contributed by atoms with Crippen LogP contribution in [-0.4, -0.2) is 68.4 Å². The summed E-state index contributed by atoms with van der Waals surface area (Å²) in [6.45, 7) is 5.07. The lowest BCUT2D eigenvalue weighted by atomic mass is 10.0. The Labute approximate surface area is 153 Å². The minimum absolute atomic E-state index is 0.0156. The van der Waals surface area contributed by atoms with Gasteiger partial charge in [-0.15, -0.1) is 0 Å². The highest BCUT2D eigenvalue weighted by Crippen LogP contribution is 2.17. The molecule has 0 spiro atoms. The molecule has 0 radical (unpaired) electrons. The fourth-order valence-electron chi connectivity index (χ4n) is 3.20. The van der Waals surface area contributed by atoms with Crippen LogP contribution in [0.15, 0.2) is 24.3 Å². The Hall–Kier alpha value is -2.12. The van der Waals surface area contributed by atoms with E-state index < -0.39 is 6.10 Å². The standard InChI is InChI=1S/C19H26N2O5/c1-2-25-16-5-3-14(4-6-16)19(23)21-9-7-15(8-10-21)20-18(22)17-13-24-11-12-26-17/h3-6,15,17H,2,7-13H2,1H3,(H,20,22). The number of likely N-dealkylation sites (tertiary alicyclic amines) is 1. The van der Waals surface area contributed by atoms with Crippen molar-refractivity contribution in [3.63, 3.8) is 0 Å². The smallest absolute Gasteiger partial charge is 0.253 e. The quantitative estimate of drug-likeness (QED) is 0.852. The maximum Gasteiger partial charge on any atom is 0.253 e. The van der Waals surface area contributed by atoms with E-state index in [1.54, 1.807) is 12.1 Å². The van der Waals surface area contributed by atoms with Gasteiger partial charge in [0, 0.05) is 24.7 Å². The lowest BCUT2D eigenvalue weighted by Crippen LogP contribution is -2.51. The van der Waals surface area contributed by atoms with Gasteiger partial charge in [-0.1, -0.05) is 0 Å². The van der Waals surface area contributed by atoms with Crippen LogP contribution >= 0.6 is 0 Å². The van der Waals surface area contributed by atoms with Gasteiger partial charge >= 0.3 is 0 Å². The fraction of sp³-hybridized carbons (Fsp3) is 0.579. The average molecular weight is 362 g/mol. The van der Waals surface area contributed by atoms with E-state index >= 15 is 0 Å². The van der Waals surface area contributed by atoms with Crippen LogP contribution in [0, 0.1) is 0 Å². The number of amides is 2. The van der Waals surface area contributed by atoms with Gasteiger partial charge in [-0.3, -0.25) is 9.59 Å². The summed E-state index contributed by atoms with van der Waals surface area (Å²) in [6.07, 6.45) is 0.955. The highest BCUT2D eigenvalue weighted by atomic mass is 16.6. The van der Waals surface area contributed by atoms with Crippen molar-refractivity contribution in [3.8, 4) is 5.75 Å². The summed E-state index contributed by atoms with van der Waals surface area (Å²) in [5, 5.41) is 3.01. The van der Waals surface area contributed by atoms with Crippen LogP contribution in [0.2, 0.25) is 0 Å². The number of benzene rings is 1. The first-order valence-electron chi connectivity index (χ1n) is 9.19. The van der Waals surface area contributed by atoms with Crippen molar-refractivity contribution in [2.75, 3.05) is 39.5 Å². The molecule has 2 fully saturated rings. The first-order chi connectivity index (χ1) is 12.7. The van der Waals surface area contributed by atoms with Gasteiger partial charge in [-0.05, 0) is 44.0 Å². The van der Waals surface area contributed by atoms with Crippen LogP contribution in [0.5, 0.6) is 5.75 Å². The van der Waals surface area contributed by atoms with Crippen LogP contribution in [0.1, 0.15) is 30.1 Å². The average Bonchev–Trinajstić information content (AvgIpc) is 2.69. The SMILES string of the molecule is CCOc1ccc(C(=O)N2CCC(NC(=O)C3COCCO3)CC2)cc1. The zero-order chi connectivity index (χ0) is 18.4. The Bertz CT molecular complexity index is 605. The van der Waals surface area contributed by atoms with Gasteiger partial charge in [0.1, 0.15) is 5.75 Å². The first kappa shape index (κ1) is 18.7. The molecule has 2 aliphatic rings. The van der Waals surface area contributed by atoms with E-state index in [9.17, 15) is 9.59 Å². The fourth-order valence-corrected chi connectivity index (χ4v) is 3.20. The Morgan fingerprint density at radius 3 is 2.54 bits per heavy atom. The number of carbonyl (C=O) groups is 2. The van der Waals surface area contributed by atoms with Crippen molar-refractivity contribution in [3.05, 3.63) is 29.8 Å². The minimum Gasteiger partial charge on any atom is -0.494 e. The number of nitrogens with one attached hydrogen (secondary N) is 1. The van der Waals surface area contributed by atoms with Gasteiger partial charge < -0.3 is 24.4 Å². The normalized spacial score (nSPS) is 21.3. The Morgan fingerprint density at radius 2 is 1.92 bits per heavy atom.